The predicted octanol–water partition coefficient (Wildman–Crippen LogP) is 1.81. The van der Waals surface area contributed by atoms with Gasteiger partial charge in [-0.3, -0.25) is 4.79 Å². The Kier molecular flexibility index (Phi) is 4.12. The Balaban J connectivity index is 2.58. The van der Waals surface area contributed by atoms with Crippen LogP contribution < -0.4 is 5.73 Å². The Bertz CT molecular complexity index is 385. The minimum Gasteiger partial charge on any atom is -0.481 e. The van der Waals surface area contributed by atoms with Crippen LogP contribution in [-0.4, -0.2) is 29.6 Å². The van der Waals surface area contributed by atoms with Gasteiger partial charge in [0.2, 0.25) is 0 Å². The molecule has 0 atom stereocenters. The van der Waals surface area contributed by atoms with Gasteiger partial charge in [-0.2, -0.15) is 0 Å². The van der Waals surface area contributed by atoms with E-state index in [0.29, 0.717) is 6.54 Å². The summed E-state index contributed by atoms with van der Waals surface area (Å²) in [4.78, 5) is 13.0. The highest BCUT2D eigenvalue weighted by molar-refractivity contribution is 5.73. The molecule has 0 spiro atoms. The molecular weight excluding hydrogens is 216 g/mol. The Morgan fingerprint density at radius 1 is 1.35 bits per heavy atom. The number of benzene rings is 1. The molecule has 4 heteroatoms. The summed E-state index contributed by atoms with van der Waals surface area (Å²) in [5, 5.41) is 9.05. The van der Waals surface area contributed by atoms with Crippen molar-refractivity contribution >= 4 is 11.7 Å². The van der Waals surface area contributed by atoms with Gasteiger partial charge >= 0.3 is 5.97 Å². The van der Waals surface area contributed by atoms with Crippen LogP contribution in [0.4, 0.5) is 5.69 Å². The highest BCUT2D eigenvalue weighted by Gasteiger charge is 2.28. The topological polar surface area (TPSA) is 66.6 Å². The first kappa shape index (κ1) is 13.5. The molecule has 0 aliphatic carbocycles. The molecule has 0 aromatic heterocycles. The van der Waals surface area contributed by atoms with Crippen LogP contribution in [0.25, 0.3) is 0 Å². The summed E-state index contributed by atoms with van der Waals surface area (Å²) in [7, 11) is 1.92. The largest absolute Gasteiger partial charge is 0.481 e. The number of carbonyl (C=O) groups is 1. The molecular formula is C13H20N2O2. The van der Waals surface area contributed by atoms with Crippen molar-refractivity contribution in [1.82, 2.24) is 4.90 Å². The predicted molar refractivity (Wildman–Crippen MR) is 68.6 cm³/mol. The smallest absolute Gasteiger partial charge is 0.310 e. The molecule has 0 heterocycles. The molecule has 1 rings (SSSR count). The molecule has 94 valence electrons. The van der Waals surface area contributed by atoms with Crippen molar-refractivity contribution in [2.24, 2.45) is 5.41 Å². The summed E-state index contributed by atoms with van der Waals surface area (Å²) in [5.74, 6) is -0.776. The van der Waals surface area contributed by atoms with Gasteiger partial charge in [0.1, 0.15) is 0 Å². The highest BCUT2D eigenvalue weighted by Crippen LogP contribution is 2.18. The number of nitrogens with zero attached hydrogens (tertiary/aromatic N) is 1. The lowest BCUT2D eigenvalue weighted by Crippen LogP contribution is -2.36. The lowest BCUT2D eigenvalue weighted by atomic mass is 9.93. The first-order chi connectivity index (χ1) is 7.81. The van der Waals surface area contributed by atoms with Crippen LogP contribution >= 0.6 is 0 Å². The van der Waals surface area contributed by atoms with Crippen LogP contribution in [0.2, 0.25) is 0 Å². The van der Waals surface area contributed by atoms with Gasteiger partial charge in [0.15, 0.2) is 0 Å². The molecule has 0 fully saturated rings. The zero-order valence-electron chi connectivity index (χ0n) is 10.6. The van der Waals surface area contributed by atoms with Gasteiger partial charge < -0.3 is 15.7 Å². The molecule has 0 saturated carbocycles. The van der Waals surface area contributed by atoms with Crippen LogP contribution in [0.1, 0.15) is 19.4 Å². The number of hydrogen-bond acceptors (Lipinski definition) is 3. The van der Waals surface area contributed by atoms with Crippen LogP contribution in [0, 0.1) is 5.41 Å². The van der Waals surface area contributed by atoms with E-state index in [-0.39, 0.29) is 0 Å². The maximum Gasteiger partial charge on any atom is 0.310 e. The monoisotopic (exact) mass is 236 g/mol. The first-order valence-corrected chi connectivity index (χ1v) is 5.57. The lowest BCUT2D eigenvalue weighted by Gasteiger charge is -2.26. The maximum atomic E-state index is 11.0. The van der Waals surface area contributed by atoms with Crippen LogP contribution in [0.5, 0.6) is 0 Å². The van der Waals surface area contributed by atoms with Crippen molar-refractivity contribution in [3.05, 3.63) is 29.8 Å². The number of rotatable bonds is 5. The molecule has 17 heavy (non-hydrogen) atoms. The minimum absolute atomic E-state index is 0.507. The van der Waals surface area contributed by atoms with Crippen molar-refractivity contribution < 1.29 is 9.90 Å². The van der Waals surface area contributed by atoms with E-state index < -0.39 is 11.4 Å². The van der Waals surface area contributed by atoms with Crippen molar-refractivity contribution in [3.63, 3.8) is 0 Å². The van der Waals surface area contributed by atoms with Gasteiger partial charge in [0, 0.05) is 18.8 Å². The van der Waals surface area contributed by atoms with Crippen LogP contribution in [0.3, 0.4) is 0 Å². The molecule has 0 radical (unpaired) electrons. The Morgan fingerprint density at radius 3 is 2.35 bits per heavy atom. The van der Waals surface area contributed by atoms with E-state index in [0.717, 1.165) is 17.8 Å². The molecule has 3 N–H and O–H groups in total. The summed E-state index contributed by atoms with van der Waals surface area (Å²) >= 11 is 0. The van der Waals surface area contributed by atoms with Gasteiger partial charge in [-0.05, 0) is 38.6 Å². The summed E-state index contributed by atoms with van der Waals surface area (Å²) < 4.78 is 0. The van der Waals surface area contributed by atoms with Gasteiger partial charge in [0.25, 0.3) is 0 Å². The van der Waals surface area contributed by atoms with Crippen molar-refractivity contribution in [2.45, 2.75) is 20.4 Å². The molecule has 0 unspecified atom stereocenters. The van der Waals surface area contributed by atoms with Crippen LogP contribution in [0.15, 0.2) is 24.3 Å². The van der Waals surface area contributed by atoms with E-state index >= 15 is 0 Å². The number of anilines is 1. The number of nitrogen functional groups attached to an aromatic ring is 1. The fourth-order valence-corrected chi connectivity index (χ4v) is 1.73. The van der Waals surface area contributed by atoms with E-state index in [4.69, 9.17) is 10.8 Å². The van der Waals surface area contributed by atoms with E-state index in [1.54, 1.807) is 13.8 Å². The number of nitrogens with two attached hydrogens (primary N) is 1. The Labute approximate surface area is 102 Å². The standard InChI is InChI=1S/C13H20N2O2/c1-13(2,12(16)17)9-15(3)8-10-4-6-11(14)7-5-10/h4-7H,8-9,14H2,1-3H3,(H,16,17). The SMILES string of the molecule is CN(Cc1ccc(N)cc1)CC(C)(C)C(=O)O. The molecule has 0 saturated heterocycles. The van der Waals surface area contributed by atoms with Gasteiger partial charge in [-0.25, -0.2) is 0 Å². The maximum absolute atomic E-state index is 11.0. The van der Waals surface area contributed by atoms with E-state index in [9.17, 15) is 4.79 Å². The summed E-state index contributed by atoms with van der Waals surface area (Å²) in [6, 6.07) is 7.62. The van der Waals surface area contributed by atoms with Crippen molar-refractivity contribution in [2.75, 3.05) is 19.3 Å². The van der Waals surface area contributed by atoms with E-state index in [2.05, 4.69) is 0 Å². The summed E-state index contributed by atoms with van der Waals surface area (Å²) in [5.41, 5.74) is 6.74. The third kappa shape index (κ3) is 4.07. The van der Waals surface area contributed by atoms with Crippen molar-refractivity contribution in [1.29, 1.82) is 0 Å². The second kappa shape index (κ2) is 5.19. The van der Waals surface area contributed by atoms with Gasteiger partial charge in [-0.1, -0.05) is 12.1 Å². The molecule has 0 bridgehead atoms. The molecule has 0 aliphatic rings. The average Bonchev–Trinajstić information content (AvgIpc) is 2.20. The Morgan fingerprint density at radius 2 is 1.88 bits per heavy atom. The third-order valence-electron chi connectivity index (χ3n) is 2.68. The first-order valence-electron chi connectivity index (χ1n) is 5.57. The lowest BCUT2D eigenvalue weighted by molar-refractivity contribution is -0.147. The highest BCUT2D eigenvalue weighted by atomic mass is 16.4. The molecule has 1 aromatic rings. The minimum atomic E-state index is -0.776. The quantitative estimate of drug-likeness (QED) is 0.765. The van der Waals surface area contributed by atoms with E-state index in [1.807, 2.05) is 36.2 Å². The van der Waals surface area contributed by atoms with Crippen molar-refractivity contribution in [3.8, 4) is 0 Å². The second-order valence-corrected chi connectivity index (χ2v) is 5.10. The fourth-order valence-electron chi connectivity index (χ4n) is 1.73. The number of aliphatic carboxylic acids is 1. The zero-order chi connectivity index (χ0) is 13.1. The van der Waals surface area contributed by atoms with Gasteiger partial charge in [-0.15, -0.1) is 0 Å². The zero-order valence-corrected chi connectivity index (χ0v) is 10.6. The summed E-state index contributed by atoms with van der Waals surface area (Å²) in [6.07, 6.45) is 0. The average molecular weight is 236 g/mol. The second-order valence-electron chi connectivity index (χ2n) is 5.10. The molecule has 4 nitrogen and oxygen atoms in total. The third-order valence-corrected chi connectivity index (χ3v) is 2.68. The van der Waals surface area contributed by atoms with Gasteiger partial charge in [0.05, 0.1) is 5.41 Å². The normalized spacial score (nSPS) is 11.8. The number of carboxylic acid groups (broad SMARTS) is 1. The fraction of sp³-hybridized carbons (Fsp3) is 0.462. The molecule has 0 aliphatic heterocycles. The van der Waals surface area contributed by atoms with Crippen LogP contribution in [-0.2, 0) is 11.3 Å². The Hall–Kier alpha value is -1.55. The number of carboxylic acids is 1. The molecule has 1 aromatic carbocycles. The molecule has 0 amide bonds. The van der Waals surface area contributed by atoms with E-state index in [1.165, 1.54) is 0 Å². The summed E-state index contributed by atoms with van der Waals surface area (Å²) in [6.45, 7) is 4.69. The number of hydrogen-bond donors (Lipinski definition) is 2.